The van der Waals surface area contributed by atoms with Gasteiger partial charge in [-0.2, -0.15) is 4.39 Å². The predicted octanol–water partition coefficient (Wildman–Crippen LogP) is 2.35. The summed E-state index contributed by atoms with van der Waals surface area (Å²) >= 11 is 2.87. The van der Waals surface area contributed by atoms with Gasteiger partial charge in [0.05, 0.1) is 10.5 Å². The summed E-state index contributed by atoms with van der Waals surface area (Å²) in [5.74, 6) is -3.33. The van der Waals surface area contributed by atoms with E-state index >= 15 is 0 Å². The van der Waals surface area contributed by atoms with Crippen molar-refractivity contribution < 1.29 is 18.3 Å². The van der Waals surface area contributed by atoms with E-state index in [4.69, 9.17) is 0 Å². The van der Waals surface area contributed by atoms with Crippen LogP contribution in [0.3, 0.4) is 0 Å². The van der Waals surface area contributed by atoms with Gasteiger partial charge in [0.2, 0.25) is 5.82 Å². The molecule has 3 nitrogen and oxygen atoms in total. The van der Waals surface area contributed by atoms with E-state index in [2.05, 4.69) is 21.2 Å². The highest BCUT2D eigenvalue weighted by atomic mass is 79.9. The van der Waals surface area contributed by atoms with Gasteiger partial charge in [-0.3, -0.25) is 4.90 Å². The molecule has 2 N–H and O–H groups in total. The van der Waals surface area contributed by atoms with E-state index < -0.39 is 30.1 Å². The Balaban J connectivity index is 2.37. The number of phenols is 1. The Hall–Kier alpha value is -0.790. The summed E-state index contributed by atoms with van der Waals surface area (Å²) in [6.45, 7) is 1.80. The quantitative estimate of drug-likeness (QED) is 0.830. The van der Waals surface area contributed by atoms with Crippen LogP contribution in [-0.2, 0) is 0 Å². The van der Waals surface area contributed by atoms with E-state index in [1.807, 2.05) is 0 Å². The fourth-order valence-corrected chi connectivity index (χ4v) is 2.65. The zero-order chi connectivity index (χ0) is 14.0. The largest absolute Gasteiger partial charge is 0.505 e. The van der Waals surface area contributed by atoms with Gasteiger partial charge in [-0.25, -0.2) is 8.78 Å². The molecular weight excluding hydrogens is 325 g/mol. The predicted molar refractivity (Wildman–Crippen MR) is 68.9 cm³/mol. The van der Waals surface area contributed by atoms with Gasteiger partial charge in [-0.15, -0.1) is 0 Å². The molecule has 0 bridgehead atoms. The zero-order valence-electron chi connectivity index (χ0n) is 10.1. The highest BCUT2D eigenvalue weighted by molar-refractivity contribution is 9.10. The first-order valence-electron chi connectivity index (χ1n) is 5.93. The summed E-state index contributed by atoms with van der Waals surface area (Å²) in [6.07, 6.45) is 0. The van der Waals surface area contributed by atoms with Gasteiger partial charge in [0.15, 0.2) is 11.6 Å². The maximum atomic E-state index is 13.5. The molecule has 1 aliphatic heterocycles. The van der Waals surface area contributed by atoms with Gasteiger partial charge >= 0.3 is 0 Å². The van der Waals surface area contributed by atoms with Crippen LogP contribution in [0, 0.1) is 11.6 Å². The first-order chi connectivity index (χ1) is 9.06. The topological polar surface area (TPSA) is 35.5 Å². The number of hydrogen-bond acceptors (Lipinski definition) is 3. The third kappa shape index (κ3) is 2.88. The lowest BCUT2D eigenvalue weighted by Crippen LogP contribution is -2.45. The minimum absolute atomic E-state index is 0.0650. The standard InChI is InChI=1S/C12H14BrF3N2O/c13-8-5-7(12(19)11(16)10(8)15)9(6-14)18-3-1-17-2-4-18/h5,9,17,19H,1-4,6H2/t9-/m0/s1. The lowest BCUT2D eigenvalue weighted by atomic mass is 10.0. The molecule has 1 aromatic carbocycles. The van der Waals surface area contributed by atoms with Crippen molar-refractivity contribution in [3.8, 4) is 5.75 Å². The molecule has 0 amide bonds. The third-order valence-corrected chi connectivity index (χ3v) is 3.84. The van der Waals surface area contributed by atoms with E-state index in [9.17, 15) is 18.3 Å². The molecule has 1 aliphatic rings. The Morgan fingerprint density at radius 2 is 1.95 bits per heavy atom. The Morgan fingerprint density at radius 1 is 1.32 bits per heavy atom. The number of hydrogen-bond donors (Lipinski definition) is 2. The first kappa shape index (κ1) is 14.6. The van der Waals surface area contributed by atoms with Gasteiger partial charge in [-0.1, -0.05) is 0 Å². The lowest BCUT2D eigenvalue weighted by Gasteiger charge is -2.34. The highest BCUT2D eigenvalue weighted by Gasteiger charge is 2.28. The SMILES string of the molecule is Oc1c([C@H](CF)N2CCNCC2)cc(Br)c(F)c1F. The molecule has 1 atom stereocenters. The number of nitrogens with one attached hydrogen (secondary N) is 1. The molecule has 0 unspecified atom stereocenters. The Morgan fingerprint density at radius 3 is 2.53 bits per heavy atom. The van der Waals surface area contributed by atoms with Crippen LogP contribution in [0.2, 0.25) is 0 Å². The normalized spacial score (nSPS) is 18.5. The second kappa shape index (κ2) is 6.11. The van der Waals surface area contributed by atoms with Crippen LogP contribution in [0.15, 0.2) is 10.5 Å². The van der Waals surface area contributed by atoms with Gasteiger partial charge in [-0.05, 0) is 22.0 Å². The molecule has 0 radical (unpaired) electrons. The zero-order valence-corrected chi connectivity index (χ0v) is 11.7. The van der Waals surface area contributed by atoms with E-state index in [0.29, 0.717) is 26.2 Å². The molecule has 0 aromatic heterocycles. The number of piperazine rings is 1. The van der Waals surface area contributed by atoms with Crippen molar-refractivity contribution in [2.75, 3.05) is 32.9 Å². The average Bonchev–Trinajstić information content (AvgIpc) is 2.44. The number of rotatable bonds is 3. The molecule has 7 heteroatoms. The molecule has 1 saturated heterocycles. The number of alkyl halides is 1. The van der Waals surface area contributed by atoms with E-state index in [1.54, 1.807) is 4.90 Å². The summed E-state index contributed by atoms with van der Waals surface area (Å²) in [5.41, 5.74) is 0.0650. The molecule has 2 rings (SSSR count). The average molecular weight is 339 g/mol. The fraction of sp³-hybridized carbons (Fsp3) is 0.500. The molecular formula is C12H14BrF3N2O. The van der Waals surface area contributed by atoms with Crippen LogP contribution >= 0.6 is 15.9 Å². The maximum Gasteiger partial charge on any atom is 0.201 e. The van der Waals surface area contributed by atoms with Crippen molar-refractivity contribution in [1.29, 1.82) is 0 Å². The van der Waals surface area contributed by atoms with E-state index in [-0.39, 0.29) is 10.0 Å². The summed E-state index contributed by atoms with van der Waals surface area (Å²) < 4.78 is 39.9. The number of benzene rings is 1. The number of halogens is 4. The monoisotopic (exact) mass is 338 g/mol. The highest BCUT2D eigenvalue weighted by Crippen LogP contribution is 2.36. The molecule has 0 saturated carbocycles. The molecule has 1 heterocycles. The second-order valence-corrected chi connectivity index (χ2v) is 5.23. The van der Waals surface area contributed by atoms with Crippen molar-refractivity contribution >= 4 is 15.9 Å². The number of phenolic OH excluding ortho intramolecular Hbond substituents is 1. The minimum Gasteiger partial charge on any atom is -0.505 e. The molecule has 0 spiro atoms. The van der Waals surface area contributed by atoms with Crippen LogP contribution < -0.4 is 5.32 Å². The Bertz CT molecular complexity index is 467. The van der Waals surface area contributed by atoms with Gasteiger partial charge < -0.3 is 10.4 Å². The Labute approximate surface area is 117 Å². The minimum atomic E-state index is -1.35. The van der Waals surface area contributed by atoms with Gasteiger partial charge in [0.25, 0.3) is 0 Å². The lowest BCUT2D eigenvalue weighted by molar-refractivity contribution is 0.144. The van der Waals surface area contributed by atoms with Crippen molar-refractivity contribution in [3.63, 3.8) is 0 Å². The van der Waals surface area contributed by atoms with E-state index in [1.165, 1.54) is 6.07 Å². The van der Waals surface area contributed by atoms with Crippen LogP contribution in [-0.4, -0.2) is 42.9 Å². The molecule has 19 heavy (non-hydrogen) atoms. The van der Waals surface area contributed by atoms with Crippen LogP contribution in [0.1, 0.15) is 11.6 Å². The third-order valence-electron chi connectivity index (χ3n) is 3.26. The van der Waals surface area contributed by atoms with Crippen molar-refractivity contribution in [3.05, 3.63) is 27.7 Å². The molecule has 106 valence electrons. The van der Waals surface area contributed by atoms with Crippen molar-refractivity contribution in [2.45, 2.75) is 6.04 Å². The van der Waals surface area contributed by atoms with Gasteiger partial charge in [0, 0.05) is 31.7 Å². The first-order valence-corrected chi connectivity index (χ1v) is 6.72. The van der Waals surface area contributed by atoms with Crippen molar-refractivity contribution in [1.82, 2.24) is 10.2 Å². The van der Waals surface area contributed by atoms with Crippen LogP contribution in [0.5, 0.6) is 5.75 Å². The van der Waals surface area contributed by atoms with Crippen molar-refractivity contribution in [2.24, 2.45) is 0 Å². The number of aromatic hydroxyl groups is 1. The Kier molecular flexibility index (Phi) is 4.70. The van der Waals surface area contributed by atoms with Gasteiger partial charge in [0.1, 0.15) is 6.67 Å². The maximum absolute atomic E-state index is 13.5. The number of nitrogens with zero attached hydrogens (tertiary/aromatic N) is 1. The second-order valence-electron chi connectivity index (χ2n) is 4.38. The summed E-state index contributed by atoms with van der Waals surface area (Å²) in [4.78, 5) is 1.80. The summed E-state index contributed by atoms with van der Waals surface area (Å²) in [6, 6.07) is 0.466. The fourth-order valence-electron chi connectivity index (χ4n) is 2.23. The molecule has 1 fully saturated rings. The summed E-state index contributed by atoms with van der Waals surface area (Å²) in [7, 11) is 0. The van der Waals surface area contributed by atoms with Crippen LogP contribution in [0.25, 0.3) is 0 Å². The molecule has 1 aromatic rings. The smallest absolute Gasteiger partial charge is 0.201 e. The van der Waals surface area contributed by atoms with E-state index in [0.717, 1.165) is 0 Å². The molecule has 0 aliphatic carbocycles. The van der Waals surface area contributed by atoms with Crippen LogP contribution in [0.4, 0.5) is 13.2 Å². The summed E-state index contributed by atoms with van der Waals surface area (Å²) in [5, 5.41) is 12.8.